The number of ether oxygens (including phenoxy) is 1. The Morgan fingerprint density at radius 1 is 1.33 bits per heavy atom. The van der Waals surface area contributed by atoms with Crippen LogP contribution in [0, 0.1) is 16.7 Å². The molecule has 1 aromatic carbocycles. The molecule has 6 nitrogen and oxygen atoms in total. The van der Waals surface area contributed by atoms with E-state index in [1.54, 1.807) is 38.1 Å². The van der Waals surface area contributed by atoms with Gasteiger partial charge in [-0.15, -0.1) is 0 Å². The molecular formula is C15H18N2O4. The average molecular weight is 290 g/mol. The van der Waals surface area contributed by atoms with E-state index in [0.717, 1.165) is 0 Å². The van der Waals surface area contributed by atoms with Crippen molar-refractivity contribution in [3.05, 3.63) is 29.8 Å². The SMILES string of the molecule is CC(C)(CCNC(=O)COc1ccc(C#N)cc1)C(=O)O. The quantitative estimate of drug-likeness (QED) is 0.793. The number of amides is 1. The molecule has 0 fully saturated rings. The fraction of sp³-hybridized carbons (Fsp3) is 0.400. The second kappa shape index (κ2) is 7.29. The van der Waals surface area contributed by atoms with Gasteiger partial charge in [0.15, 0.2) is 6.61 Å². The van der Waals surface area contributed by atoms with Gasteiger partial charge < -0.3 is 15.2 Å². The zero-order chi connectivity index (χ0) is 15.9. The van der Waals surface area contributed by atoms with Crippen LogP contribution < -0.4 is 10.1 Å². The summed E-state index contributed by atoms with van der Waals surface area (Å²) in [5.74, 6) is -0.721. The first-order valence-electron chi connectivity index (χ1n) is 6.48. The molecule has 21 heavy (non-hydrogen) atoms. The number of hydrogen-bond acceptors (Lipinski definition) is 4. The van der Waals surface area contributed by atoms with Crippen molar-refractivity contribution in [3.63, 3.8) is 0 Å². The highest BCUT2D eigenvalue weighted by Gasteiger charge is 2.26. The lowest BCUT2D eigenvalue weighted by Gasteiger charge is -2.18. The number of hydrogen-bond donors (Lipinski definition) is 2. The molecule has 0 heterocycles. The minimum Gasteiger partial charge on any atom is -0.484 e. The maximum atomic E-state index is 11.6. The monoisotopic (exact) mass is 290 g/mol. The van der Waals surface area contributed by atoms with Gasteiger partial charge >= 0.3 is 5.97 Å². The molecule has 0 saturated heterocycles. The van der Waals surface area contributed by atoms with E-state index in [-0.39, 0.29) is 19.1 Å². The third kappa shape index (κ3) is 5.53. The van der Waals surface area contributed by atoms with Crippen molar-refractivity contribution in [3.8, 4) is 11.8 Å². The molecule has 0 aliphatic rings. The molecule has 0 unspecified atom stereocenters. The highest BCUT2D eigenvalue weighted by atomic mass is 16.5. The highest BCUT2D eigenvalue weighted by Crippen LogP contribution is 2.19. The largest absolute Gasteiger partial charge is 0.484 e. The van der Waals surface area contributed by atoms with Gasteiger partial charge in [-0.3, -0.25) is 9.59 Å². The van der Waals surface area contributed by atoms with Gasteiger partial charge in [0, 0.05) is 6.54 Å². The fourth-order valence-corrected chi connectivity index (χ4v) is 1.45. The molecule has 0 atom stereocenters. The Labute approximate surface area is 123 Å². The molecule has 0 saturated carbocycles. The second-order valence-corrected chi connectivity index (χ2v) is 5.21. The Bertz CT molecular complexity index is 544. The van der Waals surface area contributed by atoms with Crippen molar-refractivity contribution in [2.75, 3.05) is 13.2 Å². The molecule has 2 N–H and O–H groups in total. The zero-order valence-electron chi connectivity index (χ0n) is 12.0. The van der Waals surface area contributed by atoms with Crippen LogP contribution in [-0.2, 0) is 9.59 Å². The van der Waals surface area contributed by atoms with Gasteiger partial charge in [-0.05, 0) is 44.5 Å². The Morgan fingerprint density at radius 3 is 2.48 bits per heavy atom. The van der Waals surface area contributed by atoms with Gasteiger partial charge in [0.2, 0.25) is 0 Å². The van der Waals surface area contributed by atoms with E-state index in [0.29, 0.717) is 17.7 Å². The molecule has 1 aromatic rings. The minimum absolute atomic E-state index is 0.153. The van der Waals surface area contributed by atoms with E-state index in [1.807, 2.05) is 6.07 Å². The molecule has 0 spiro atoms. The van der Waals surface area contributed by atoms with E-state index in [1.165, 1.54) is 0 Å². The number of benzene rings is 1. The van der Waals surface area contributed by atoms with Gasteiger partial charge in [-0.25, -0.2) is 0 Å². The first-order chi connectivity index (χ1) is 9.85. The zero-order valence-corrected chi connectivity index (χ0v) is 12.0. The average Bonchev–Trinajstić information content (AvgIpc) is 2.45. The van der Waals surface area contributed by atoms with Crippen LogP contribution in [0.1, 0.15) is 25.8 Å². The van der Waals surface area contributed by atoms with E-state index in [4.69, 9.17) is 15.1 Å². The smallest absolute Gasteiger partial charge is 0.309 e. The summed E-state index contributed by atoms with van der Waals surface area (Å²) in [6.45, 7) is 3.33. The van der Waals surface area contributed by atoms with Crippen LogP contribution in [0.5, 0.6) is 5.75 Å². The summed E-state index contributed by atoms with van der Waals surface area (Å²) in [5, 5.41) is 20.2. The third-order valence-corrected chi connectivity index (χ3v) is 3.00. The van der Waals surface area contributed by atoms with Crippen LogP contribution >= 0.6 is 0 Å². The Hall–Kier alpha value is -2.55. The van der Waals surface area contributed by atoms with Crippen molar-refractivity contribution in [2.45, 2.75) is 20.3 Å². The lowest BCUT2D eigenvalue weighted by Crippen LogP contribution is -2.34. The first-order valence-corrected chi connectivity index (χ1v) is 6.48. The normalized spacial score (nSPS) is 10.5. The number of nitriles is 1. The maximum absolute atomic E-state index is 11.6. The Morgan fingerprint density at radius 2 is 1.95 bits per heavy atom. The van der Waals surface area contributed by atoms with E-state index in [2.05, 4.69) is 5.32 Å². The Kier molecular flexibility index (Phi) is 5.73. The molecule has 0 aromatic heterocycles. The molecule has 0 bridgehead atoms. The van der Waals surface area contributed by atoms with Crippen LogP contribution in [0.25, 0.3) is 0 Å². The molecule has 0 radical (unpaired) electrons. The lowest BCUT2D eigenvalue weighted by molar-refractivity contribution is -0.147. The van der Waals surface area contributed by atoms with Crippen molar-refractivity contribution in [1.29, 1.82) is 5.26 Å². The standard InChI is InChI=1S/C15H18N2O4/c1-15(2,14(19)20)7-8-17-13(18)10-21-12-5-3-11(9-16)4-6-12/h3-6H,7-8,10H2,1-2H3,(H,17,18)(H,19,20). The molecule has 1 amide bonds. The molecular weight excluding hydrogens is 272 g/mol. The van der Waals surface area contributed by atoms with Crippen molar-refractivity contribution in [1.82, 2.24) is 5.32 Å². The van der Waals surface area contributed by atoms with Crippen LogP contribution in [0.3, 0.4) is 0 Å². The van der Waals surface area contributed by atoms with Crippen LogP contribution in [0.15, 0.2) is 24.3 Å². The van der Waals surface area contributed by atoms with Crippen molar-refractivity contribution in [2.24, 2.45) is 5.41 Å². The summed E-state index contributed by atoms with van der Waals surface area (Å²) in [6.07, 6.45) is 0.338. The summed E-state index contributed by atoms with van der Waals surface area (Å²) >= 11 is 0. The topological polar surface area (TPSA) is 99.4 Å². The third-order valence-electron chi connectivity index (χ3n) is 3.00. The summed E-state index contributed by atoms with van der Waals surface area (Å²) in [4.78, 5) is 22.5. The number of nitrogens with zero attached hydrogens (tertiary/aromatic N) is 1. The van der Waals surface area contributed by atoms with Crippen LogP contribution in [-0.4, -0.2) is 30.1 Å². The van der Waals surface area contributed by atoms with Gasteiger partial charge in [0.05, 0.1) is 17.0 Å². The number of carbonyl (C=O) groups is 2. The summed E-state index contributed by atoms with van der Waals surface area (Å²) in [5.41, 5.74) is -0.357. The predicted octanol–water partition coefficient (Wildman–Crippen LogP) is 1.55. The van der Waals surface area contributed by atoms with E-state index in [9.17, 15) is 9.59 Å². The molecule has 0 aliphatic heterocycles. The number of carbonyl (C=O) groups excluding carboxylic acids is 1. The van der Waals surface area contributed by atoms with Crippen molar-refractivity contribution >= 4 is 11.9 Å². The number of carboxylic acids is 1. The second-order valence-electron chi connectivity index (χ2n) is 5.21. The van der Waals surface area contributed by atoms with Gasteiger partial charge in [0.25, 0.3) is 5.91 Å². The molecule has 6 heteroatoms. The Balaban J connectivity index is 2.31. The van der Waals surface area contributed by atoms with Crippen LogP contribution in [0.2, 0.25) is 0 Å². The number of carboxylic acid groups (broad SMARTS) is 1. The molecule has 1 rings (SSSR count). The number of nitrogens with one attached hydrogen (secondary N) is 1. The predicted molar refractivity (Wildman–Crippen MR) is 75.7 cm³/mol. The number of aliphatic carboxylic acids is 1. The van der Waals surface area contributed by atoms with Gasteiger partial charge in [-0.1, -0.05) is 0 Å². The van der Waals surface area contributed by atoms with Crippen LogP contribution in [0.4, 0.5) is 0 Å². The lowest BCUT2D eigenvalue weighted by atomic mass is 9.90. The van der Waals surface area contributed by atoms with Crippen molar-refractivity contribution < 1.29 is 19.4 Å². The van der Waals surface area contributed by atoms with E-state index < -0.39 is 11.4 Å². The molecule has 0 aliphatic carbocycles. The maximum Gasteiger partial charge on any atom is 0.309 e. The summed E-state index contributed by atoms with van der Waals surface area (Å²) in [7, 11) is 0. The fourth-order valence-electron chi connectivity index (χ4n) is 1.45. The first kappa shape index (κ1) is 16.5. The molecule has 112 valence electrons. The number of rotatable bonds is 7. The van der Waals surface area contributed by atoms with Gasteiger partial charge in [-0.2, -0.15) is 5.26 Å². The van der Waals surface area contributed by atoms with E-state index >= 15 is 0 Å². The van der Waals surface area contributed by atoms with Gasteiger partial charge in [0.1, 0.15) is 5.75 Å². The minimum atomic E-state index is -0.898. The highest BCUT2D eigenvalue weighted by molar-refractivity contribution is 5.77. The summed E-state index contributed by atoms with van der Waals surface area (Å²) in [6, 6.07) is 8.41. The summed E-state index contributed by atoms with van der Waals surface area (Å²) < 4.78 is 5.26.